The molecule has 128 valence electrons. The van der Waals surface area contributed by atoms with E-state index in [1.165, 1.54) is 4.68 Å². The van der Waals surface area contributed by atoms with Gasteiger partial charge in [0, 0.05) is 11.5 Å². The summed E-state index contributed by atoms with van der Waals surface area (Å²) in [5.74, 6) is 0.925. The number of nitrogens with zero attached hydrogens (tertiary/aromatic N) is 2. The number of carbonyl (C=O) groups excluding carboxylic acids is 1. The minimum absolute atomic E-state index is 0.258. The van der Waals surface area contributed by atoms with Crippen molar-refractivity contribution in [3.05, 3.63) is 30.0 Å². The van der Waals surface area contributed by atoms with Crippen molar-refractivity contribution in [3.8, 4) is 17.0 Å². The number of rotatable bonds is 3. The van der Waals surface area contributed by atoms with Crippen LogP contribution in [-0.2, 0) is 4.74 Å². The average molecular weight is 329 g/mol. The van der Waals surface area contributed by atoms with Gasteiger partial charge in [-0.25, -0.2) is 4.79 Å². The minimum Gasteiger partial charge on any atom is -0.496 e. The standard InChI is InChI=1S/C18H23N3O3/c1-18(2,3)24-17(22)21-16(11-9-10-11)14(19)15(20-21)12-7-5-6-8-13(12)23-4/h5-8,11H,9-10,19H2,1-4H3. The number of hydrogen-bond donors (Lipinski definition) is 1. The molecule has 1 aliphatic rings. The maximum Gasteiger partial charge on any atom is 0.435 e. The van der Waals surface area contributed by atoms with Crippen LogP contribution in [0.5, 0.6) is 5.75 Å². The number of nitrogen functional groups attached to an aromatic ring is 1. The van der Waals surface area contributed by atoms with Gasteiger partial charge >= 0.3 is 6.09 Å². The third-order valence-electron chi connectivity index (χ3n) is 3.85. The SMILES string of the molecule is COc1ccccc1-c1nn(C(=O)OC(C)(C)C)c(C2CC2)c1N. The van der Waals surface area contributed by atoms with Crippen LogP contribution in [0.4, 0.5) is 10.5 Å². The number of para-hydroxylation sites is 1. The summed E-state index contributed by atoms with van der Waals surface area (Å²) >= 11 is 0. The maximum atomic E-state index is 12.6. The Morgan fingerprint density at radius 3 is 2.54 bits per heavy atom. The molecule has 6 heteroatoms. The van der Waals surface area contributed by atoms with Crippen LogP contribution in [0.3, 0.4) is 0 Å². The molecule has 0 atom stereocenters. The molecule has 1 heterocycles. The van der Waals surface area contributed by atoms with Crippen molar-refractivity contribution in [1.82, 2.24) is 9.78 Å². The van der Waals surface area contributed by atoms with Crippen LogP contribution >= 0.6 is 0 Å². The molecule has 24 heavy (non-hydrogen) atoms. The topological polar surface area (TPSA) is 79.4 Å². The number of carbonyl (C=O) groups is 1. The van der Waals surface area contributed by atoms with E-state index in [1.807, 2.05) is 45.0 Å². The molecule has 2 N–H and O–H groups in total. The molecule has 3 rings (SSSR count). The summed E-state index contributed by atoms with van der Waals surface area (Å²) in [5, 5.41) is 4.47. The van der Waals surface area contributed by atoms with E-state index in [0.717, 1.165) is 24.1 Å². The Morgan fingerprint density at radius 2 is 1.96 bits per heavy atom. The van der Waals surface area contributed by atoms with Crippen molar-refractivity contribution in [2.75, 3.05) is 12.8 Å². The number of nitrogens with two attached hydrogens (primary N) is 1. The predicted octanol–water partition coefficient (Wildman–Crippen LogP) is 3.80. The van der Waals surface area contributed by atoms with E-state index in [-0.39, 0.29) is 5.92 Å². The molecule has 1 fully saturated rings. The van der Waals surface area contributed by atoms with E-state index >= 15 is 0 Å². The van der Waals surface area contributed by atoms with Gasteiger partial charge in [-0.2, -0.15) is 9.78 Å². The Balaban J connectivity index is 2.09. The third-order valence-corrected chi connectivity index (χ3v) is 3.85. The summed E-state index contributed by atoms with van der Waals surface area (Å²) in [7, 11) is 1.60. The highest BCUT2D eigenvalue weighted by Crippen LogP contribution is 2.46. The molecule has 0 saturated heterocycles. The second kappa shape index (κ2) is 5.85. The first-order chi connectivity index (χ1) is 11.3. The van der Waals surface area contributed by atoms with Gasteiger partial charge in [0.2, 0.25) is 0 Å². The zero-order valence-corrected chi connectivity index (χ0v) is 14.5. The van der Waals surface area contributed by atoms with Gasteiger partial charge in [0.15, 0.2) is 0 Å². The Labute approximate surface area is 141 Å². The number of hydrogen-bond acceptors (Lipinski definition) is 5. The quantitative estimate of drug-likeness (QED) is 0.926. The molecule has 2 aromatic rings. The summed E-state index contributed by atoms with van der Waals surface area (Å²) < 4.78 is 12.2. The number of aromatic nitrogens is 2. The first-order valence-electron chi connectivity index (χ1n) is 8.07. The van der Waals surface area contributed by atoms with E-state index in [0.29, 0.717) is 17.1 Å². The largest absolute Gasteiger partial charge is 0.496 e. The van der Waals surface area contributed by atoms with Crippen molar-refractivity contribution in [1.29, 1.82) is 0 Å². The molecule has 1 saturated carbocycles. The lowest BCUT2D eigenvalue weighted by molar-refractivity contribution is 0.0510. The molecule has 1 aromatic carbocycles. The first-order valence-corrected chi connectivity index (χ1v) is 8.07. The van der Waals surface area contributed by atoms with Crippen molar-refractivity contribution in [3.63, 3.8) is 0 Å². The van der Waals surface area contributed by atoms with Gasteiger partial charge in [-0.05, 0) is 45.7 Å². The van der Waals surface area contributed by atoms with Gasteiger partial charge in [-0.15, -0.1) is 0 Å². The van der Waals surface area contributed by atoms with Gasteiger partial charge in [0.05, 0.1) is 18.5 Å². The molecule has 0 radical (unpaired) electrons. The first kappa shape index (κ1) is 16.4. The molecular weight excluding hydrogens is 306 g/mol. The van der Waals surface area contributed by atoms with Crippen LogP contribution in [0.2, 0.25) is 0 Å². The number of methoxy groups -OCH3 is 1. The van der Waals surface area contributed by atoms with Crippen LogP contribution in [-0.4, -0.2) is 28.6 Å². The van der Waals surface area contributed by atoms with Crippen LogP contribution in [0.15, 0.2) is 24.3 Å². The summed E-state index contributed by atoms with van der Waals surface area (Å²) in [6, 6.07) is 7.50. The fourth-order valence-electron chi connectivity index (χ4n) is 2.68. The monoisotopic (exact) mass is 329 g/mol. The molecule has 1 aliphatic carbocycles. The van der Waals surface area contributed by atoms with Gasteiger partial charge in [-0.3, -0.25) is 0 Å². The van der Waals surface area contributed by atoms with Crippen LogP contribution in [0, 0.1) is 0 Å². The van der Waals surface area contributed by atoms with Crippen LogP contribution in [0.25, 0.3) is 11.3 Å². The van der Waals surface area contributed by atoms with E-state index in [9.17, 15) is 4.79 Å². The Hall–Kier alpha value is -2.50. The molecule has 1 aromatic heterocycles. The molecule has 0 spiro atoms. The number of ether oxygens (including phenoxy) is 2. The van der Waals surface area contributed by atoms with E-state index < -0.39 is 11.7 Å². The Bertz CT molecular complexity index is 770. The summed E-state index contributed by atoms with van der Waals surface area (Å²) in [5.41, 5.74) is 8.34. The fraction of sp³-hybridized carbons (Fsp3) is 0.444. The van der Waals surface area contributed by atoms with Gasteiger partial charge in [0.25, 0.3) is 0 Å². The smallest absolute Gasteiger partial charge is 0.435 e. The molecule has 0 amide bonds. The molecule has 6 nitrogen and oxygen atoms in total. The second-order valence-electron chi connectivity index (χ2n) is 7.01. The summed E-state index contributed by atoms with van der Waals surface area (Å²) in [4.78, 5) is 12.6. The van der Waals surface area contributed by atoms with Crippen molar-refractivity contribution in [2.45, 2.75) is 45.1 Å². The molecule has 0 unspecified atom stereocenters. The van der Waals surface area contributed by atoms with Gasteiger partial charge < -0.3 is 15.2 Å². The average Bonchev–Trinajstić information content (AvgIpc) is 3.28. The highest BCUT2D eigenvalue weighted by atomic mass is 16.6. The van der Waals surface area contributed by atoms with E-state index in [2.05, 4.69) is 5.10 Å². The highest BCUT2D eigenvalue weighted by Gasteiger charge is 2.35. The summed E-state index contributed by atoms with van der Waals surface area (Å²) in [6.07, 6.45) is 1.51. The van der Waals surface area contributed by atoms with Crippen LogP contribution < -0.4 is 10.5 Å². The molecular formula is C18H23N3O3. The van der Waals surface area contributed by atoms with Crippen molar-refractivity contribution >= 4 is 11.8 Å². The van der Waals surface area contributed by atoms with E-state index in [4.69, 9.17) is 15.2 Å². The lowest BCUT2D eigenvalue weighted by Crippen LogP contribution is -2.28. The molecule has 0 bridgehead atoms. The highest BCUT2D eigenvalue weighted by molar-refractivity contribution is 5.83. The van der Waals surface area contributed by atoms with Crippen molar-refractivity contribution < 1.29 is 14.3 Å². The lowest BCUT2D eigenvalue weighted by atomic mass is 10.1. The van der Waals surface area contributed by atoms with Gasteiger partial charge in [0.1, 0.15) is 17.0 Å². The molecule has 0 aliphatic heterocycles. The predicted molar refractivity (Wildman–Crippen MR) is 92.2 cm³/mol. The Kier molecular flexibility index (Phi) is 3.99. The number of benzene rings is 1. The second-order valence-corrected chi connectivity index (χ2v) is 7.01. The lowest BCUT2D eigenvalue weighted by Gasteiger charge is -2.19. The van der Waals surface area contributed by atoms with E-state index in [1.54, 1.807) is 7.11 Å². The van der Waals surface area contributed by atoms with Crippen molar-refractivity contribution in [2.24, 2.45) is 0 Å². The zero-order chi connectivity index (χ0) is 17.5. The van der Waals surface area contributed by atoms with Crippen LogP contribution in [0.1, 0.15) is 45.2 Å². The normalized spacial score (nSPS) is 14.5. The minimum atomic E-state index is -0.594. The fourth-order valence-corrected chi connectivity index (χ4v) is 2.68. The zero-order valence-electron chi connectivity index (χ0n) is 14.5. The van der Waals surface area contributed by atoms with Gasteiger partial charge in [-0.1, -0.05) is 12.1 Å². The Morgan fingerprint density at radius 1 is 1.29 bits per heavy atom. The maximum absolute atomic E-state index is 12.6. The number of anilines is 1. The third kappa shape index (κ3) is 3.09. The summed E-state index contributed by atoms with van der Waals surface area (Å²) in [6.45, 7) is 5.49.